The summed E-state index contributed by atoms with van der Waals surface area (Å²) in [4.78, 5) is 0. The van der Waals surface area contributed by atoms with Gasteiger partial charge in [0.05, 0.1) is 0 Å². The summed E-state index contributed by atoms with van der Waals surface area (Å²) in [6.45, 7) is 12.6. The van der Waals surface area contributed by atoms with Crippen LogP contribution in [0.5, 0.6) is 0 Å². The van der Waals surface area contributed by atoms with Gasteiger partial charge in [0.15, 0.2) is 8.32 Å². The molecule has 0 bridgehead atoms. The lowest BCUT2D eigenvalue weighted by Crippen LogP contribution is -2.40. The van der Waals surface area contributed by atoms with Gasteiger partial charge in [0.25, 0.3) is 0 Å². The van der Waals surface area contributed by atoms with Crippen molar-refractivity contribution in [1.29, 1.82) is 0 Å². The molecule has 0 spiro atoms. The van der Waals surface area contributed by atoms with E-state index in [0.717, 1.165) is 6.61 Å². The average Bonchev–Trinajstić information content (AvgIpc) is 2.25. The SMILES string of the molecule is CC(C)(C)[Si](C)(C)OCCCCCCC/C=C/I. The first kappa shape index (κ1) is 18.6. The van der Waals surface area contributed by atoms with Crippen molar-refractivity contribution in [3.63, 3.8) is 0 Å². The second kappa shape index (κ2) is 9.53. The van der Waals surface area contributed by atoms with Crippen molar-refractivity contribution >= 4 is 30.9 Å². The van der Waals surface area contributed by atoms with Crippen molar-refractivity contribution in [3.8, 4) is 0 Å². The van der Waals surface area contributed by atoms with Crippen molar-refractivity contribution in [1.82, 2.24) is 0 Å². The summed E-state index contributed by atoms with van der Waals surface area (Å²) in [5, 5.41) is 0.346. The van der Waals surface area contributed by atoms with E-state index in [9.17, 15) is 0 Å². The number of rotatable bonds is 9. The van der Waals surface area contributed by atoms with Crippen LogP contribution in [0.3, 0.4) is 0 Å². The Bertz CT molecular complexity index is 231. The zero-order chi connectivity index (χ0) is 14.1. The summed E-state index contributed by atoms with van der Waals surface area (Å²) >= 11 is 2.29. The second-order valence-electron chi connectivity index (χ2n) is 6.53. The number of unbranched alkanes of at least 4 members (excludes halogenated alkanes) is 5. The molecule has 0 aliphatic carbocycles. The van der Waals surface area contributed by atoms with Gasteiger partial charge in [0.2, 0.25) is 0 Å². The largest absolute Gasteiger partial charge is 0.417 e. The van der Waals surface area contributed by atoms with Crippen LogP contribution in [-0.4, -0.2) is 14.9 Å². The maximum absolute atomic E-state index is 6.17. The van der Waals surface area contributed by atoms with Crippen LogP contribution in [0.25, 0.3) is 0 Å². The van der Waals surface area contributed by atoms with Crippen molar-refractivity contribution in [2.45, 2.75) is 77.4 Å². The third-order valence-electron chi connectivity index (χ3n) is 3.87. The molecule has 0 aromatic rings. The first-order chi connectivity index (χ1) is 8.31. The van der Waals surface area contributed by atoms with Crippen LogP contribution < -0.4 is 0 Å². The zero-order valence-electron chi connectivity index (χ0n) is 12.9. The third-order valence-corrected chi connectivity index (χ3v) is 8.92. The maximum atomic E-state index is 6.17. The van der Waals surface area contributed by atoms with Gasteiger partial charge in [-0.2, -0.15) is 0 Å². The molecule has 0 heterocycles. The highest BCUT2D eigenvalue weighted by Crippen LogP contribution is 2.36. The van der Waals surface area contributed by atoms with E-state index in [-0.39, 0.29) is 0 Å². The molecular weight excluding hydrogens is 351 g/mol. The van der Waals surface area contributed by atoms with Gasteiger partial charge in [-0.25, -0.2) is 0 Å². The minimum Gasteiger partial charge on any atom is -0.417 e. The van der Waals surface area contributed by atoms with E-state index in [1.807, 2.05) is 0 Å². The summed E-state index contributed by atoms with van der Waals surface area (Å²) in [7, 11) is -1.50. The molecule has 0 amide bonds. The zero-order valence-corrected chi connectivity index (χ0v) is 16.0. The molecule has 0 saturated heterocycles. The van der Waals surface area contributed by atoms with Crippen LogP contribution in [0.2, 0.25) is 18.1 Å². The van der Waals surface area contributed by atoms with Crippen molar-refractivity contribution in [2.24, 2.45) is 0 Å². The molecule has 18 heavy (non-hydrogen) atoms. The van der Waals surface area contributed by atoms with E-state index in [2.05, 4.69) is 66.6 Å². The number of halogens is 1. The topological polar surface area (TPSA) is 9.23 Å². The van der Waals surface area contributed by atoms with Crippen molar-refractivity contribution < 1.29 is 4.43 Å². The number of hydrogen-bond donors (Lipinski definition) is 0. The highest BCUT2D eigenvalue weighted by atomic mass is 127. The van der Waals surface area contributed by atoms with Gasteiger partial charge in [-0.3, -0.25) is 0 Å². The van der Waals surface area contributed by atoms with Crippen molar-refractivity contribution in [3.05, 3.63) is 10.2 Å². The van der Waals surface area contributed by atoms with Gasteiger partial charge in [0, 0.05) is 6.61 Å². The lowest BCUT2D eigenvalue weighted by atomic mass is 10.1. The fraction of sp³-hybridized carbons (Fsp3) is 0.867. The quantitative estimate of drug-likeness (QED) is 0.258. The van der Waals surface area contributed by atoms with Gasteiger partial charge in [-0.1, -0.05) is 68.7 Å². The third kappa shape index (κ3) is 8.70. The lowest BCUT2D eigenvalue weighted by Gasteiger charge is -2.36. The molecule has 0 radical (unpaired) electrons. The standard InChI is InChI=1S/C15H31IOSi/c1-15(2,3)18(4,5)17-14-12-10-8-6-7-9-11-13-16/h11,13H,6-10,12,14H2,1-5H3/b13-11+. The molecule has 0 saturated carbocycles. The highest BCUT2D eigenvalue weighted by molar-refractivity contribution is 14.1. The molecule has 0 N–H and O–H groups in total. The minimum atomic E-state index is -1.50. The summed E-state index contributed by atoms with van der Waals surface area (Å²) in [6, 6.07) is 0. The van der Waals surface area contributed by atoms with E-state index >= 15 is 0 Å². The second-order valence-corrected chi connectivity index (χ2v) is 12.1. The summed E-state index contributed by atoms with van der Waals surface area (Å²) in [5.41, 5.74) is 0. The Morgan fingerprint density at radius 2 is 1.56 bits per heavy atom. The Morgan fingerprint density at radius 1 is 1.00 bits per heavy atom. The normalized spacial score (nSPS) is 13.4. The van der Waals surface area contributed by atoms with Crippen LogP contribution in [0, 0.1) is 0 Å². The Balaban J connectivity index is 3.46. The molecule has 0 atom stereocenters. The summed E-state index contributed by atoms with van der Waals surface area (Å²) in [5.74, 6) is 0. The maximum Gasteiger partial charge on any atom is 0.191 e. The molecule has 0 aliphatic rings. The summed E-state index contributed by atoms with van der Waals surface area (Å²) in [6.07, 6.45) is 10.1. The molecular formula is C15H31IOSi. The predicted octanol–water partition coefficient (Wildman–Crippen LogP) is 6.30. The number of hydrogen-bond acceptors (Lipinski definition) is 1. The molecule has 0 unspecified atom stereocenters. The van der Waals surface area contributed by atoms with Crippen LogP contribution >= 0.6 is 22.6 Å². The lowest BCUT2D eigenvalue weighted by molar-refractivity contribution is 0.277. The molecule has 1 nitrogen and oxygen atoms in total. The molecule has 108 valence electrons. The first-order valence-electron chi connectivity index (χ1n) is 7.20. The van der Waals surface area contributed by atoms with Crippen LogP contribution in [-0.2, 0) is 4.43 Å². The highest BCUT2D eigenvalue weighted by Gasteiger charge is 2.36. The molecule has 3 heteroatoms. The predicted molar refractivity (Wildman–Crippen MR) is 94.0 cm³/mol. The van der Waals surface area contributed by atoms with Gasteiger partial charge in [-0.05, 0) is 41.5 Å². The van der Waals surface area contributed by atoms with E-state index < -0.39 is 8.32 Å². The van der Waals surface area contributed by atoms with E-state index in [1.165, 1.54) is 38.5 Å². The van der Waals surface area contributed by atoms with Crippen LogP contribution in [0.15, 0.2) is 10.2 Å². The van der Waals surface area contributed by atoms with Gasteiger partial charge >= 0.3 is 0 Å². The fourth-order valence-electron chi connectivity index (χ4n) is 1.50. The summed E-state index contributed by atoms with van der Waals surface area (Å²) < 4.78 is 8.28. The smallest absolute Gasteiger partial charge is 0.191 e. The molecule has 0 rings (SSSR count). The number of allylic oxidation sites excluding steroid dienone is 1. The van der Waals surface area contributed by atoms with Crippen molar-refractivity contribution in [2.75, 3.05) is 6.61 Å². The Hall–Kier alpha value is 0.647. The molecule has 0 aromatic carbocycles. The van der Waals surface area contributed by atoms with E-state index in [1.54, 1.807) is 0 Å². The molecule has 0 aliphatic heterocycles. The van der Waals surface area contributed by atoms with Gasteiger partial charge < -0.3 is 4.43 Å². The Morgan fingerprint density at radius 3 is 2.11 bits per heavy atom. The van der Waals surface area contributed by atoms with Crippen LogP contribution in [0.4, 0.5) is 0 Å². The first-order valence-corrected chi connectivity index (χ1v) is 11.4. The Labute approximate surface area is 129 Å². The molecule has 0 fully saturated rings. The Kier molecular flexibility index (Phi) is 9.88. The minimum absolute atomic E-state index is 0.346. The molecule has 0 aromatic heterocycles. The van der Waals surface area contributed by atoms with Crippen LogP contribution in [0.1, 0.15) is 59.3 Å². The average molecular weight is 382 g/mol. The van der Waals surface area contributed by atoms with Gasteiger partial charge in [-0.15, -0.1) is 0 Å². The van der Waals surface area contributed by atoms with E-state index in [4.69, 9.17) is 4.43 Å². The van der Waals surface area contributed by atoms with Gasteiger partial charge in [0.1, 0.15) is 0 Å². The monoisotopic (exact) mass is 382 g/mol. The fourth-order valence-corrected chi connectivity index (χ4v) is 2.95. The van der Waals surface area contributed by atoms with E-state index in [0.29, 0.717) is 5.04 Å².